The standard InChI is InChI=1S/C26H30ClN7O5S3/c1-28-24(35)18-5-3-4-6-20(18)30-23-19(27)16-29-25(32-23)31-21-8-7-17(15-22(21)38-2)33-42(36,37)14-13-41-26(40)34-9-11-39-12-10-34/h3-8,15-16,33H,9-14H2,1-2H3,(H,28,35)(H2,29,30,31,32)/i1D. The van der Waals surface area contributed by atoms with E-state index in [9.17, 15) is 13.2 Å². The third-order valence-corrected chi connectivity index (χ3v) is 9.25. The fourth-order valence-corrected chi connectivity index (χ4v) is 6.72. The number of aromatic nitrogens is 2. The number of hydrogen-bond donors (Lipinski definition) is 4. The van der Waals surface area contributed by atoms with Crippen molar-refractivity contribution in [2.45, 2.75) is 0 Å². The second-order valence-corrected chi connectivity index (χ2v) is 12.7. The Labute approximate surface area is 260 Å². The molecule has 16 heteroatoms. The molecule has 224 valence electrons. The molecule has 0 spiro atoms. The number of nitrogens with one attached hydrogen (secondary N) is 4. The van der Waals surface area contributed by atoms with E-state index >= 15 is 0 Å². The van der Waals surface area contributed by atoms with Crippen molar-refractivity contribution >= 4 is 84.7 Å². The van der Waals surface area contributed by atoms with E-state index in [1.54, 1.807) is 42.5 Å². The van der Waals surface area contributed by atoms with E-state index in [2.05, 4.69) is 30.6 Å². The molecule has 1 aliphatic rings. The van der Waals surface area contributed by atoms with Crippen LogP contribution in [0.5, 0.6) is 5.75 Å². The Hall–Kier alpha value is -3.37. The van der Waals surface area contributed by atoms with Gasteiger partial charge in [0, 0.05) is 33.3 Å². The summed E-state index contributed by atoms with van der Waals surface area (Å²) in [6.45, 7) is 2.63. The average molecular weight is 653 g/mol. The van der Waals surface area contributed by atoms with Crippen LogP contribution in [0.15, 0.2) is 48.7 Å². The quantitative estimate of drug-likeness (QED) is 0.221. The Morgan fingerprint density at radius 1 is 1.21 bits per heavy atom. The fraction of sp³-hybridized carbons (Fsp3) is 0.308. The molecule has 2 heterocycles. The highest BCUT2D eigenvalue weighted by molar-refractivity contribution is 8.23. The van der Waals surface area contributed by atoms with Crippen LogP contribution >= 0.6 is 35.6 Å². The number of morpholine rings is 1. The van der Waals surface area contributed by atoms with E-state index in [1.165, 1.54) is 25.1 Å². The lowest BCUT2D eigenvalue weighted by Gasteiger charge is -2.28. The molecule has 0 radical (unpaired) electrons. The summed E-state index contributed by atoms with van der Waals surface area (Å²) in [5.74, 6) is 0.518. The van der Waals surface area contributed by atoms with Crippen LogP contribution in [-0.4, -0.2) is 85.5 Å². The molecule has 1 saturated heterocycles. The number of anilines is 5. The van der Waals surface area contributed by atoms with Gasteiger partial charge in [0.2, 0.25) is 16.0 Å². The Bertz CT molecular complexity index is 1560. The van der Waals surface area contributed by atoms with Crippen molar-refractivity contribution in [2.75, 3.05) is 67.3 Å². The van der Waals surface area contributed by atoms with Crippen molar-refractivity contribution in [2.24, 2.45) is 0 Å². The SMILES string of the molecule is [2H]CNC(=O)c1ccccc1Nc1nc(Nc2ccc(NS(=O)(=O)CCSC(=S)N3CCOCC3)cc2OC)ncc1Cl. The monoisotopic (exact) mass is 652 g/mol. The Balaban J connectivity index is 1.41. The number of rotatable bonds is 11. The smallest absolute Gasteiger partial charge is 0.253 e. The summed E-state index contributed by atoms with van der Waals surface area (Å²) in [6, 6.07) is 11.5. The summed E-state index contributed by atoms with van der Waals surface area (Å²) in [7, 11) is -2.46. The molecule has 0 atom stereocenters. The number of hydrogen-bond acceptors (Lipinski definition) is 11. The van der Waals surface area contributed by atoms with E-state index in [-0.39, 0.29) is 29.6 Å². The van der Waals surface area contributed by atoms with Crippen LogP contribution in [0.3, 0.4) is 0 Å². The second kappa shape index (κ2) is 14.7. The summed E-state index contributed by atoms with van der Waals surface area (Å²) >= 11 is 13.1. The number of thioether (sulfide) groups is 1. The lowest BCUT2D eigenvalue weighted by atomic mass is 10.1. The van der Waals surface area contributed by atoms with Gasteiger partial charge in [-0.2, -0.15) is 4.98 Å². The van der Waals surface area contributed by atoms with E-state index < -0.39 is 15.9 Å². The molecule has 0 aliphatic carbocycles. The van der Waals surface area contributed by atoms with Crippen molar-refractivity contribution in [3.05, 3.63) is 59.2 Å². The molecule has 1 aromatic heterocycles. The summed E-state index contributed by atoms with van der Waals surface area (Å²) in [5.41, 5.74) is 1.55. The number of thiocarbonyl (C=S) groups is 1. The Kier molecular flexibility index (Phi) is 10.5. The fourth-order valence-electron chi connectivity index (χ4n) is 3.81. The zero-order valence-electron chi connectivity index (χ0n) is 23.6. The average Bonchev–Trinajstić information content (AvgIpc) is 3.00. The first-order chi connectivity index (χ1) is 20.7. The van der Waals surface area contributed by atoms with Gasteiger partial charge < -0.3 is 30.3 Å². The van der Waals surface area contributed by atoms with E-state index in [0.717, 1.165) is 0 Å². The zero-order chi connectivity index (χ0) is 30.8. The summed E-state index contributed by atoms with van der Waals surface area (Å²) in [5, 5.41) is 8.74. The molecule has 1 fully saturated rings. The van der Waals surface area contributed by atoms with Gasteiger partial charge in [0.25, 0.3) is 5.91 Å². The Morgan fingerprint density at radius 3 is 2.76 bits per heavy atom. The third-order valence-electron chi connectivity index (χ3n) is 5.90. The first kappa shape index (κ1) is 30.1. The second-order valence-electron chi connectivity index (χ2n) is 8.74. The van der Waals surface area contributed by atoms with Crippen molar-refractivity contribution < 1.29 is 24.1 Å². The predicted molar refractivity (Wildman–Crippen MR) is 171 cm³/mol. The van der Waals surface area contributed by atoms with Crippen LogP contribution < -0.4 is 25.4 Å². The van der Waals surface area contributed by atoms with Crippen molar-refractivity contribution in [3.8, 4) is 5.75 Å². The molecule has 4 rings (SSSR count). The van der Waals surface area contributed by atoms with Gasteiger partial charge in [-0.3, -0.25) is 9.52 Å². The van der Waals surface area contributed by atoms with Crippen LogP contribution in [0.1, 0.15) is 11.7 Å². The molecule has 1 aliphatic heterocycles. The van der Waals surface area contributed by atoms with Crippen molar-refractivity contribution in [1.82, 2.24) is 20.2 Å². The molecule has 1 amide bonds. The minimum atomic E-state index is -3.65. The maximum atomic E-state index is 12.7. The lowest BCUT2D eigenvalue weighted by Crippen LogP contribution is -2.38. The molecule has 0 unspecified atom stereocenters. The summed E-state index contributed by atoms with van der Waals surface area (Å²) < 4.78 is 46.7. The van der Waals surface area contributed by atoms with Crippen molar-refractivity contribution in [1.29, 1.82) is 0 Å². The van der Waals surface area contributed by atoms with Gasteiger partial charge in [0.1, 0.15) is 15.1 Å². The molecule has 3 aromatic rings. The van der Waals surface area contributed by atoms with Crippen molar-refractivity contribution in [3.63, 3.8) is 0 Å². The van der Waals surface area contributed by atoms with Gasteiger partial charge >= 0.3 is 0 Å². The number of halogens is 1. The van der Waals surface area contributed by atoms with Gasteiger partial charge in [0.05, 0.1) is 54.9 Å². The van der Waals surface area contributed by atoms with Crippen LogP contribution in [0.25, 0.3) is 0 Å². The number of carbonyl (C=O) groups is 1. The number of para-hydroxylation sites is 1. The zero-order valence-corrected chi connectivity index (χ0v) is 25.8. The molecule has 4 N–H and O–H groups in total. The highest BCUT2D eigenvalue weighted by atomic mass is 35.5. The number of ether oxygens (including phenoxy) is 2. The lowest BCUT2D eigenvalue weighted by molar-refractivity contribution is 0.0702. The predicted octanol–water partition coefficient (Wildman–Crippen LogP) is 4.08. The maximum Gasteiger partial charge on any atom is 0.253 e. The normalized spacial score (nSPS) is 13.6. The van der Waals surface area contributed by atoms with Gasteiger partial charge in [-0.05, 0) is 24.3 Å². The highest BCUT2D eigenvalue weighted by Gasteiger charge is 2.18. The van der Waals surface area contributed by atoms with Crippen LogP contribution in [0, 0.1) is 0 Å². The van der Waals surface area contributed by atoms with E-state index in [1.807, 2.05) is 4.90 Å². The van der Waals surface area contributed by atoms with Gasteiger partial charge in [-0.25, -0.2) is 13.4 Å². The number of sulfonamides is 1. The molecule has 0 saturated carbocycles. The number of carbonyl (C=O) groups excluding carboxylic acids is 1. The molecule has 2 aromatic carbocycles. The third kappa shape index (κ3) is 8.58. The molecular formula is C26H30ClN7O5S3. The minimum Gasteiger partial charge on any atom is -0.494 e. The molecule has 0 bridgehead atoms. The van der Waals surface area contributed by atoms with Gasteiger partial charge in [-0.1, -0.05) is 47.7 Å². The minimum absolute atomic E-state index is 0.118. The summed E-state index contributed by atoms with van der Waals surface area (Å²) in [6.07, 6.45) is 1.39. The van der Waals surface area contributed by atoms with E-state index in [4.69, 9.17) is 34.7 Å². The van der Waals surface area contributed by atoms with Crippen LogP contribution in [0.4, 0.5) is 28.8 Å². The van der Waals surface area contributed by atoms with Crippen LogP contribution in [-0.2, 0) is 14.8 Å². The van der Waals surface area contributed by atoms with Gasteiger partial charge in [0.15, 0.2) is 5.82 Å². The first-order valence-electron chi connectivity index (χ1n) is 13.3. The molecule has 12 nitrogen and oxygen atoms in total. The Morgan fingerprint density at radius 2 is 2.00 bits per heavy atom. The topological polar surface area (TPSA) is 147 Å². The van der Waals surface area contributed by atoms with Gasteiger partial charge in [-0.15, -0.1) is 0 Å². The number of nitrogens with zero attached hydrogens (tertiary/aromatic N) is 3. The largest absolute Gasteiger partial charge is 0.494 e. The summed E-state index contributed by atoms with van der Waals surface area (Å²) in [4.78, 5) is 23.0. The maximum absolute atomic E-state index is 12.7. The highest BCUT2D eigenvalue weighted by Crippen LogP contribution is 2.32. The number of methoxy groups -OCH3 is 1. The molecular weight excluding hydrogens is 622 g/mol. The first-order valence-corrected chi connectivity index (χ1v) is 16.0. The molecule has 42 heavy (non-hydrogen) atoms. The van der Waals surface area contributed by atoms with E-state index in [0.29, 0.717) is 64.8 Å². The van der Waals surface area contributed by atoms with Crippen LogP contribution in [0.2, 0.25) is 5.02 Å². The number of benzene rings is 2. The number of amides is 1.